The van der Waals surface area contributed by atoms with Crippen LogP contribution in [0, 0.1) is 11.8 Å². The van der Waals surface area contributed by atoms with Gasteiger partial charge in [0.2, 0.25) is 5.89 Å². The summed E-state index contributed by atoms with van der Waals surface area (Å²) in [6.07, 6.45) is 3.98. The molecule has 5 heteroatoms. The topological polar surface area (TPSA) is 51.0 Å². The third-order valence-corrected chi connectivity index (χ3v) is 5.62. The van der Waals surface area contributed by atoms with E-state index in [0.29, 0.717) is 5.92 Å². The van der Waals surface area contributed by atoms with Crippen LogP contribution in [0.2, 0.25) is 0 Å². The van der Waals surface area contributed by atoms with Gasteiger partial charge in [0.1, 0.15) is 0 Å². The Morgan fingerprint density at radius 3 is 3.05 bits per heavy atom. The van der Waals surface area contributed by atoms with E-state index in [1.165, 1.54) is 24.2 Å². The van der Waals surface area contributed by atoms with Crippen LogP contribution in [0.1, 0.15) is 37.0 Å². The molecule has 21 heavy (non-hydrogen) atoms. The Morgan fingerprint density at radius 1 is 1.24 bits per heavy atom. The standard InChI is InChI=1S/C16H19N3OS/c1-2-6-12(7-3-1)21-10-14-18-16(20-19-14)15-13-8-4-5-11(13)9-17-15/h1-3,6-7,11,13,15,17H,4-5,8-10H2. The molecule has 0 amide bonds. The normalized spacial score (nSPS) is 27.9. The molecule has 1 N–H and O–H groups in total. The third-order valence-electron chi connectivity index (χ3n) is 4.61. The monoisotopic (exact) mass is 301 g/mol. The first-order chi connectivity index (χ1) is 10.4. The molecule has 2 heterocycles. The van der Waals surface area contributed by atoms with E-state index in [-0.39, 0.29) is 6.04 Å². The fourth-order valence-corrected chi connectivity index (χ4v) is 4.34. The largest absolute Gasteiger partial charge is 0.338 e. The van der Waals surface area contributed by atoms with Gasteiger partial charge in [0.25, 0.3) is 0 Å². The molecule has 2 aromatic rings. The summed E-state index contributed by atoms with van der Waals surface area (Å²) < 4.78 is 5.51. The van der Waals surface area contributed by atoms with Crippen molar-refractivity contribution in [3.63, 3.8) is 0 Å². The minimum atomic E-state index is 0.278. The molecule has 0 spiro atoms. The van der Waals surface area contributed by atoms with E-state index in [2.05, 4.69) is 27.6 Å². The van der Waals surface area contributed by atoms with Gasteiger partial charge in [-0.2, -0.15) is 4.98 Å². The van der Waals surface area contributed by atoms with Crippen LogP contribution in [0.3, 0.4) is 0 Å². The lowest BCUT2D eigenvalue weighted by molar-refractivity contribution is 0.301. The highest BCUT2D eigenvalue weighted by Gasteiger charge is 2.42. The fourth-order valence-electron chi connectivity index (χ4n) is 3.57. The predicted octanol–water partition coefficient (Wildman–Crippen LogP) is 3.42. The van der Waals surface area contributed by atoms with Crippen molar-refractivity contribution in [2.24, 2.45) is 11.8 Å². The smallest absolute Gasteiger partial charge is 0.244 e. The van der Waals surface area contributed by atoms with Crippen LogP contribution < -0.4 is 5.32 Å². The molecule has 1 aliphatic heterocycles. The molecule has 1 aromatic heterocycles. The molecule has 1 aliphatic carbocycles. The van der Waals surface area contributed by atoms with E-state index in [1.807, 2.05) is 18.2 Å². The quantitative estimate of drug-likeness (QED) is 0.877. The number of hydrogen-bond acceptors (Lipinski definition) is 5. The second kappa shape index (κ2) is 5.81. The molecule has 110 valence electrons. The van der Waals surface area contributed by atoms with Gasteiger partial charge < -0.3 is 9.84 Å². The van der Waals surface area contributed by atoms with Gasteiger partial charge in [-0.25, -0.2) is 0 Å². The zero-order valence-electron chi connectivity index (χ0n) is 11.9. The highest BCUT2D eigenvalue weighted by molar-refractivity contribution is 7.98. The summed E-state index contributed by atoms with van der Waals surface area (Å²) in [7, 11) is 0. The van der Waals surface area contributed by atoms with E-state index < -0.39 is 0 Å². The van der Waals surface area contributed by atoms with E-state index in [1.54, 1.807) is 11.8 Å². The van der Waals surface area contributed by atoms with Crippen LogP contribution >= 0.6 is 11.8 Å². The fraction of sp³-hybridized carbons (Fsp3) is 0.500. The van der Waals surface area contributed by atoms with Crippen LogP contribution in [0.5, 0.6) is 0 Å². The van der Waals surface area contributed by atoms with Crippen molar-refractivity contribution >= 4 is 11.8 Å². The number of hydrogen-bond donors (Lipinski definition) is 1. The molecular weight excluding hydrogens is 282 g/mol. The lowest BCUT2D eigenvalue weighted by Gasteiger charge is -2.13. The van der Waals surface area contributed by atoms with Crippen molar-refractivity contribution in [1.29, 1.82) is 0 Å². The lowest BCUT2D eigenvalue weighted by Crippen LogP contribution is -2.18. The predicted molar refractivity (Wildman–Crippen MR) is 81.9 cm³/mol. The molecule has 1 aromatic carbocycles. The third kappa shape index (κ3) is 2.72. The van der Waals surface area contributed by atoms with Crippen LogP contribution in [0.4, 0.5) is 0 Å². The van der Waals surface area contributed by atoms with Gasteiger partial charge in [0.05, 0.1) is 11.8 Å². The number of benzene rings is 1. The maximum Gasteiger partial charge on any atom is 0.244 e. The number of nitrogens with one attached hydrogen (secondary N) is 1. The molecule has 4 rings (SSSR count). The Balaban J connectivity index is 1.41. The van der Waals surface area contributed by atoms with Gasteiger partial charge in [-0.3, -0.25) is 0 Å². The van der Waals surface area contributed by atoms with Gasteiger partial charge >= 0.3 is 0 Å². The SMILES string of the molecule is c1ccc(SCc2noc(C3NCC4CCCC43)n2)cc1. The van der Waals surface area contributed by atoms with E-state index in [0.717, 1.165) is 29.9 Å². The zero-order chi connectivity index (χ0) is 14.1. The van der Waals surface area contributed by atoms with Crippen LogP contribution in [0.25, 0.3) is 0 Å². The number of fused-ring (bicyclic) bond motifs is 1. The molecular formula is C16H19N3OS. The molecule has 1 saturated heterocycles. The Labute approximate surface area is 128 Å². The Bertz CT molecular complexity index is 601. The van der Waals surface area contributed by atoms with Crippen LogP contribution in [0.15, 0.2) is 39.8 Å². The van der Waals surface area contributed by atoms with Crippen molar-refractivity contribution < 1.29 is 4.52 Å². The molecule has 1 saturated carbocycles. The highest BCUT2D eigenvalue weighted by Crippen LogP contribution is 2.43. The van der Waals surface area contributed by atoms with Crippen molar-refractivity contribution in [3.05, 3.63) is 42.0 Å². The Morgan fingerprint density at radius 2 is 2.14 bits per heavy atom. The lowest BCUT2D eigenvalue weighted by atomic mass is 9.94. The van der Waals surface area contributed by atoms with Crippen LogP contribution in [-0.2, 0) is 5.75 Å². The van der Waals surface area contributed by atoms with Crippen molar-refractivity contribution in [2.45, 2.75) is 36.0 Å². The minimum Gasteiger partial charge on any atom is -0.338 e. The first kappa shape index (κ1) is 13.3. The second-order valence-electron chi connectivity index (χ2n) is 5.89. The number of nitrogens with zero attached hydrogens (tertiary/aromatic N) is 2. The van der Waals surface area contributed by atoms with Crippen molar-refractivity contribution in [3.8, 4) is 0 Å². The van der Waals surface area contributed by atoms with E-state index >= 15 is 0 Å². The Hall–Kier alpha value is -1.33. The van der Waals surface area contributed by atoms with E-state index in [9.17, 15) is 0 Å². The summed E-state index contributed by atoms with van der Waals surface area (Å²) in [6, 6.07) is 10.6. The first-order valence-electron chi connectivity index (χ1n) is 7.64. The summed E-state index contributed by atoms with van der Waals surface area (Å²) in [5.74, 6) is 3.84. The molecule has 3 atom stereocenters. The number of rotatable bonds is 4. The first-order valence-corrected chi connectivity index (χ1v) is 8.62. The van der Waals surface area contributed by atoms with Crippen LogP contribution in [-0.4, -0.2) is 16.7 Å². The van der Waals surface area contributed by atoms with Gasteiger partial charge in [-0.05, 0) is 43.4 Å². The zero-order valence-corrected chi connectivity index (χ0v) is 12.7. The maximum atomic E-state index is 5.51. The van der Waals surface area contributed by atoms with Gasteiger partial charge in [0, 0.05) is 4.90 Å². The summed E-state index contributed by atoms with van der Waals surface area (Å²) in [6.45, 7) is 1.10. The summed E-state index contributed by atoms with van der Waals surface area (Å²) in [5.41, 5.74) is 0. The summed E-state index contributed by atoms with van der Waals surface area (Å²) in [4.78, 5) is 5.84. The number of thioether (sulfide) groups is 1. The molecule has 0 bridgehead atoms. The van der Waals surface area contributed by atoms with Gasteiger partial charge in [-0.15, -0.1) is 11.8 Å². The second-order valence-corrected chi connectivity index (χ2v) is 6.94. The van der Waals surface area contributed by atoms with Gasteiger partial charge in [0.15, 0.2) is 5.82 Å². The average Bonchev–Trinajstić information content (AvgIpc) is 3.22. The number of aromatic nitrogens is 2. The molecule has 2 fully saturated rings. The van der Waals surface area contributed by atoms with Gasteiger partial charge in [-0.1, -0.05) is 29.8 Å². The molecule has 3 unspecified atom stereocenters. The van der Waals surface area contributed by atoms with Crippen molar-refractivity contribution in [2.75, 3.05) is 6.54 Å². The molecule has 2 aliphatic rings. The maximum absolute atomic E-state index is 5.51. The van der Waals surface area contributed by atoms with E-state index in [4.69, 9.17) is 4.52 Å². The minimum absolute atomic E-state index is 0.278. The molecule has 0 radical (unpaired) electrons. The summed E-state index contributed by atoms with van der Waals surface area (Å²) in [5, 5.41) is 7.70. The highest BCUT2D eigenvalue weighted by atomic mass is 32.2. The summed E-state index contributed by atoms with van der Waals surface area (Å²) >= 11 is 1.74. The van der Waals surface area contributed by atoms with Crippen molar-refractivity contribution in [1.82, 2.24) is 15.5 Å². The Kier molecular flexibility index (Phi) is 3.69. The average molecular weight is 301 g/mol. The molecule has 4 nitrogen and oxygen atoms in total.